The Morgan fingerprint density at radius 1 is 1.29 bits per heavy atom. The second kappa shape index (κ2) is 2.63. The first-order valence-corrected chi connectivity index (χ1v) is 3.72. The molecule has 0 aliphatic heterocycles. The summed E-state index contributed by atoms with van der Waals surface area (Å²) in [5, 5.41) is 9.09. The summed E-state index contributed by atoms with van der Waals surface area (Å²) in [4.78, 5) is 6.26. The van der Waals surface area contributed by atoms with E-state index >= 15 is 0 Å². The number of phenolic OH excluding ortho intramolecular Hbond substituents is 1. The van der Waals surface area contributed by atoms with Crippen molar-refractivity contribution in [2.45, 2.75) is 6.18 Å². The van der Waals surface area contributed by atoms with E-state index in [1.165, 1.54) is 6.33 Å². The number of aromatic nitrogens is 2. The Labute approximate surface area is 76.2 Å². The van der Waals surface area contributed by atoms with Crippen LogP contribution in [0.4, 0.5) is 13.2 Å². The highest BCUT2D eigenvalue weighted by Crippen LogP contribution is 2.37. The fourth-order valence-corrected chi connectivity index (χ4v) is 1.20. The van der Waals surface area contributed by atoms with Crippen molar-refractivity contribution < 1.29 is 18.3 Å². The maximum Gasteiger partial charge on any atom is 0.420 e. The summed E-state index contributed by atoms with van der Waals surface area (Å²) in [5.74, 6) is -0.808. The molecule has 0 spiro atoms. The van der Waals surface area contributed by atoms with Gasteiger partial charge in [0.2, 0.25) is 0 Å². The van der Waals surface area contributed by atoms with Gasteiger partial charge in [0, 0.05) is 6.07 Å². The maximum atomic E-state index is 12.3. The zero-order valence-corrected chi connectivity index (χ0v) is 6.76. The third kappa shape index (κ3) is 1.28. The predicted octanol–water partition coefficient (Wildman–Crippen LogP) is 2.29. The largest absolute Gasteiger partial charge is 0.507 e. The Bertz CT molecular complexity index is 475. The normalized spacial score (nSPS) is 12.2. The maximum absolute atomic E-state index is 12.3. The predicted molar refractivity (Wildman–Crippen MR) is 42.8 cm³/mol. The minimum Gasteiger partial charge on any atom is -0.507 e. The molecule has 0 bridgehead atoms. The molecule has 0 atom stereocenters. The summed E-state index contributed by atoms with van der Waals surface area (Å²) in [6, 6.07) is 1.81. The zero-order chi connectivity index (χ0) is 10.3. The average molecular weight is 202 g/mol. The highest BCUT2D eigenvalue weighted by atomic mass is 19.4. The summed E-state index contributed by atoms with van der Waals surface area (Å²) in [6.45, 7) is 0. The van der Waals surface area contributed by atoms with E-state index in [2.05, 4.69) is 9.97 Å². The van der Waals surface area contributed by atoms with Gasteiger partial charge in [-0.3, -0.25) is 0 Å². The third-order valence-corrected chi connectivity index (χ3v) is 1.84. The van der Waals surface area contributed by atoms with Crippen molar-refractivity contribution in [2.24, 2.45) is 0 Å². The van der Waals surface area contributed by atoms with Crippen LogP contribution in [-0.4, -0.2) is 15.1 Å². The summed E-state index contributed by atoms with van der Waals surface area (Å²) in [7, 11) is 0. The number of fused-ring (bicyclic) bond motifs is 1. The molecule has 0 saturated carbocycles. The fraction of sp³-hybridized carbons (Fsp3) is 0.125. The molecule has 0 aliphatic carbocycles. The van der Waals surface area contributed by atoms with Gasteiger partial charge in [-0.05, 0) is 6.07 Å². The van der Waals surface area contributed by atoms with Crippen LogP contribution in [0.15, 0.2) is 18.5 Å². The molecule has 0 aliphatic rings. The van der Waals surface area contributed by atoms with Crippen LogP contribution in [0.5, 0.6) is 5.75 Å². The van der Waals surface area contributed by atoms with E-state index < -0.39 is 17.5 Å². The van der Waals surface area contributed by atoms with Crippen LogP contribution >= 0.6 is 0 Å². The first-order valence-electron chi connectivity index (χ1n) is 3.72. The van der Waals surface area contributed by atoms with Crippen molar-refractivity contribution in [1.82, 2.24) is 9.97 Å². The van der Waals surface area contributed by atoms with Crippen molar-refractivity contribution in [2.75, 3.05) is 0 Å². The van der Waals surface area contributed by atoms with E-state index in [0.717, 1.165) is 12.1 Å². The Balaban J connectivity index is 2.71. The van der Waals surface area contributed by atoms with Gasteiger partial charge in [-0.25, -0.2) is 4.98 Å². The van der Waals surface area contributed by atoms with Crippen LogP contribution < -0.4 is 0 Å². The summed E-state index contributed by atoms with van der Waals surface area (Å²) in [5.41, 5.74) is -0.514. The van der Waals surface area contributed by atoms with E-state index in [1.807, 2.05) is 0 Å². The minimum atomic E-state index is -4.55. The number of nitrogens with one attached hydrogen (secondary N) is 1. The Kier molecular flexibility index (Phi) is 1.67. The quantitative estimate of drug-likeness (QED) is 0.688. The van der Waals surface area contributed by atoms with Gasteiger partial charge in [0.05, 0.1) is 22.9 Å². The van der Waals surface area contributed by atoms with Gasteiger partial charge >= 0.3 is 6.18 Å². The molecule has 1 aromatic carbocycles. The number of imidazole rings is 1. The van der Waals surface area contributed by atoms with Crippen LogP contribution in [0.2, 0.25) is 0 Å². The van der Waals surface area contributed by atoms with Gasteiger partial charge in [0.15, 0.2) is 0 Å². The summed E-state index contributed by atoms with van der Waals surface area (Å²) in [6.07, 6.45) is -3.28. The molecule has 0 unspecified atom stereocenters. The number of hydrogen-bond donors (Lipinski definition) is 2. The summed E-state index contributed by atoms with van der Waals surface area (Å²) < 4.78 is 36.9. The molecule has 2 rings (SSSR count). The molecule has 2 N–H and O–H groups in total. The van der Waals surface area contributed by atoms with E-state index in [0.29, 0.717) is 5.52 Å². The number of benzene rings is 1. The first-order chi connectivity index (χ1) is 6.48. The molecule has 0 fully saturated rings. The lowest BCUT2D eigenvalue weighted by molar-refractivity contribution is -0.138. The average Bonchev–Trinajstić information content (AvgIpc) is 2.47. The molecule has 0 amide bonds. The number of aromatic amines is 1. The molecular formula is C8H5F3N2O. The van der Waals surface area contributed by atoms with E-state index in [9.17, 15) is 13.2 Å². The number of rotatable bonds is 0. The van der Waals surface area contributed by atoms with E-state index in [-0.39, 0.29) is 5.52 Å². The number of nitrogens with zero attached hydrogens (tertiary/aromatic N) is 1. The third-order valence-electron chi connectivity index (χ3n) is 1.84. The van der Waals surface area contributed by atoms with Gasteiger partial charge in [-0.2, -0.15) is 13.2 Å². The second-order valence-electron chi connectivity index (χ2n) is 2.79. The van der Waals surface area contributed by atoms with Gasteiger partial charge in [-0.15, -0.1) is 0 Å². The molecule has 74 valence electrons. The Morgan fingerprint density at radius 2 is 2.00 bits per heavy atom. The second-order valence-corrected chi connectivity index (χ2v) is 2.79. The van der Waals surface area contributed by atoms with Crippen LogP contribution in [0.25, 0.3) is 11.0 Å². The molecule has 2 aromatic rings. The van der Waals surface area contributed by atoms with Crippen molar-refractivity contribution in [3.05, 3.63) is 24.0 Å². The number of alkyl halides is 3. The summed E-state index contributed by atoms with van der Waals surface area (Å²) >= 11 is 0. The lowest BCUT2D eigenvalue weighted by Crippen LogP contribution is -2.04. The zero-order valence-electron chi connectivity index (χ0n) is 6.76. The van der Waals surface area contributed by atoms with Crippen molar-refractivity contribution in [3.8, 4) is 5.75 Å². The highest BCUT2D eigenvalue weighted by molar-refractivity contribution is 5.77. The molecule has 0 radical (unpaired) electrons. The monoisotopic (exact) mass is 202 g/mol. The Morgan fingerprint density at radius 3 is 2.64 bits per heavy atom. The van der Waals surface area contributed by atoms with Crippen LogP contribution in [0.1, 0.15) is 5.56 Å². The van der Waals surface area contributed by atoms with E-state index in [1.54, 1.807) is 0 Å². The lowest BCUT2D eigenvalue weighted by atomic mass is 10.1. The van der Waals surface area contributed by atoms with Crippen molar-refractivity contribution in [3.63, 3.8) is 0 Å². The molecule has 1 aromatic heterocycles. The van der Waals surface area contributed by atoms with Crippen molar-refractivity contribution in [1.29, 1.82) is 0 Å². The van der Waals surface area contributed by atoms with Crippen LogP contribution in [0.3, 0.4) is 0 Å². The van der Waals surface area contributed by atoms with Gasteiger partial charge < -0.3 is 10.1 Å². The molecular weight excluding hydrogens is 197 g/mol. The lowest BCUT2D eigenvalue weighted by Gasteiger charge is -2.08. The smallest absolute Gasteiger partial charge is 0.420 e. The number of phenols is 1. The SMILES string of the molecule is Oc1cc2nc[nH]c2cc1C(F)(F)F. The van der Waals surface area contributed by atoms with Crippen LogP contribution in [0, 0.1) is 0 Å². The number of halogens is 3. The van der Waals surface area contributed by atoms with Crippen LogP contribution in [-0.2, 0) is 6.18 Å². The first kappa shape index (κ1) is 8.86. The molecule has 3 nitrogen and oxygen atoms in total. The number of H-pyrrole nitrogens is 1. The number of hydrogen-bond acceptors (Lipinski definition) is 2. The standard InChI is InChI=1S/C8H5F3N2O/c9-8(10,11)4-1-5-6(2-7(4)14)13-3-12-5/h1-3,14H,(H,12,13). The van der Waals surface area contributed by atoms with Gasteiger partial charge in [0.1, 0.15) is 5.75 Å². The van der Waals surface area contributed by atoms with Gasteiger partial charge in [-0.1, -0.05) is 0 Å². The topological polar surface area (TPSA) is 48.9 Å². The van der Waals surface area contributed by atoms with E-state index in [4.69, 9.17) is 5.11 Å². The molecule has 0 saturated heterocycles. The fourth-order valence-electron chi connectivity index (χ4n) is 1.20. The Hall–Kier alpha value is -1.72. The minimum absolute atomic E-state index is 0.245. The van der Waals surface area contributed by atoms with Gasteiger partial charge in [0.25, 0.3) is 0 Å². The molecule has 6 heteroatoms. The molecule has 14 heavy (non-hydrogen) atoms. The highest BCUT2D eigenvalue weighted by Gasteiger charge is 2.34. The van der Waals surface area contributed by atoms with Crippen molar-refractivity contribution >= 4 is 11.0 Å². The molecule has 1 heterocycles. The number of aromatic hydroxyl groups is 1.